The van der Waals surface area contributed by atoms with E-state index in [2.05, 4.69) is 30.4 Å². The fraction of sp³-hybridized carbons (Fsp3) is 0.269. The molecule has 1 aromatic heterocycles. The van der Waals surface area contributed by atoms with Crippen molar-refractivity contribution in [3.8, 4) is 6.07 Å². The molecule has 0 spiro atoms. The summed E-state index contributed by atoms with van der Waals surface area (Å²) in [7, 11) is 0. The van der Waals surface area contributed by atoms with Gasteiger partial charge in [-0.2, -0.15) is 5.26 Å². The molecule has 1 saturated carbocycles. The molecule has 1 N–H and O–H groups in total. The van der Waals surface area contributed by atoms with Gasteiger partial charge in [-0.15, -0.1) is 11.3 Å². The lowest BCUT2D eigenvalue weighted by molar-refractivity contribution is -0.133. The lowest BCUT2D eigenvalue weighted by atomic mass is 10.2. The summed E-state index contributed by atoms with van der Waals surface area (Å²) >= 11 is 1.68. The SMILES string of the molecule is Cc1ccc(CN(Cc2ccccc2)C(=O)CN(C(=O)Nc2cccc(C#N)c2)C2CC2)s1. The van der Waals surface area contributed by atoms with Crippen LogP contribution in [-0.4, -0.2) is 34.3 Å². The second kappa shape index (κ2) is 10.3. The molecular formula is C26H26N4O2S. The first-order chi connectivity index (χ1) is 16.0. The summed E-state index contributed by atoms with van der Waals surface area (Å²) in [5.41, 5.74) is 2.07. The minimum Gasteiger partial charge on any atom is -0.332 e. The first-order valence-electron chi connectivity index (χ1n) is 11.0. The molecule has 2 aromatic carbocycles. The van der Waals surface area contributed by atoms with Crippen LogP contribution in [0, 0.1) is 18.3 Å². The van der Waals surface area contributed by atoms with Gasteiger partial charge in [0.05, 0.1) is 18.2 Å². The molecule has 168 valence electrons. The molecule has 1 heterocycles. The monoisotopic (exact) mass is 458 g/mol. The Kier molecular flexibility index (Phi) is 7.06. The molecule has 1 aliphatic rings. The van der Waals surface area contributed by atoms with Crippen molar-refractivity contribution in [2.24, 2.45) is 0 Å². The van der Waals surface area contributed by atoms with Crippen LogP contribution in [0.15, 0.2) is 66.7 Å². The van der Waals surface area contributed by atoms with E-state index in [-0.39, 0.29) is 24.5 Å². The number of carbonyl (C=O) groups is 2. The molecule has 7 heteroatoms. The highest BCUT2D eigenvalue weighted by Gasteiger charge is 2.35. The van der Waals surface area contributed by atoms with E-state index in [1.807, 2.05) is 35.2 Å². The van der Waals surface area contributed by atoms with Crippen LogP contribution in [0.1, 0.15) is 33.7 Å². The van der Waals surface area contributed by atoms with Crippen molar-refractivity contribution in [3.63, 3.8) is 0 Å². The first kappa shape index (κ1) is 22.6. The van der Waals surface area contributed by atoms with E-state index < -0.39 is 0 Å². The molecule has 0 unspecified atom stereocenters. The molecule has 0 aliphatic heterocycles. The molecular weight excluding hydrogens is 432 g/mol. The van der Waals surface area contributed by atoms with Gasteiger partial charge in [0.2, 0.25) is 5.91 Å². The van der Waals surface area contributed by atoms with Crippen LogP contribution < -0.4 is 5.32 Å². The van der Waals surface area contributed by atoms with E-state index in [4.69, 9.17) is 5.26 Å². The fourth-order valence-corrected chi connectivity index (χ4v) is 4.56. The predicted molar refractivity (Wildman–Crippen MR) is 130 cm³/mol. The molecule has 1 fully saturated rings. The third-order valence-electron chi connectivity index (χ3n) is 5.51. The van der Waals surface area contributed by atoms with Crippen molar-refractivity contribution in [2.75, 3.05) is 11.9 Å². The molecule has 4 rings (SSSR count). The van der Waals surface area contributed by atoms with Gasteiger partial charge in [0.15, 0.2) is 0 Å². The van der Waals surface area contributed by atoms with Crippen molar-refractivity contribution in [1.82, 2.24) is 9.80 Å². The van der Waals surface area contributed by atoms with Crippen LogP contribution in [0.25, 0.3) is 0 Å². The van der Waals surface area contributed by atoms with E-state index in [9.17, 15) is 9.59 Å². The summed E-state index contributed by atoms with van der Waals surface area (Å²) in [5.74, 6) is -0.0854. The highest BCUT2D eigenvalue weighted by Crippen LogP contribution is 2.28. The van der Waals surface area contributed by atoms with Gasteiger partial charge < -0.3 is 15.1 Å². The standard InChI is InChI=1S/C26H26N4O2S/c1-19-10-13-24(33-19)17-29(16-20-6-3-2-4-7-20)25(31)18-30(23-11-12-23)26(32)28-22-9-5-8-21(14-22)15-27/h2-10,13-14,23H,11-12,16-18H2,1H3,(H,28,32). The number of hydrogen-bond acceptors (Lipinski definition) is 4. The van der Waals surface area contributed by atoms with E-state index in [1.54, 1.807) is 40.5 Å². The molecule has 0 radical (unpaired) electrons. The van der Waals surface area contributed by atoms with Crippen molar-refractivity contribution in [1.29, 1.82) is 5.26 Å². The number of benzene rings is 2. The number of urea groups is 1. The van der Waals surface area contributed by atoms with Gasteiger partial charge in [-0.1, -0.05) is 36.4 Å². The number of nitrogens with one attached hydrogen (secondary N) is 1. The molecule has 33 heavy (non-hydrogen) atoms. The second-order valence-electron chi connectivity index (χ2n) is 8.23. The van der Waals surface area contributed by atoms with Crippen molar-refractivity contribution in [3.05, 3.63) is 87.6 Å². The van der Waals surface area contributed by atoms with E-state index in [1.165, 1.54) is 4.88 Å². The number of hydrogen-bond donors (Lipinski definition) is 1. The van der Waals surface area contributed by atoms with Crippen molar-refractivity contribution in [2.45, 2.75) is 38.9 Å². The van der Waals surface area contributed by atoms with Crippen LogP contribution >= 0.6 is 11.3 Å². The highest BCUT2D eigenvalue weighted by molar-refractivity contribution is 7.11. The van der Waals surface area contributed by atoms with Gasteiger partial charge in [-0.05, 0) is 55.7 Å². The number of thiophene rings is 1. The normalized spacial score (nSPS) is 12.6. The Morgan fingerprint density at radius 3 is 2.52 bits per heavy atom. The van der Waals surface area contributed by atoms with E-state index >= 15 is 0 Å². The van der Waals surface area contributed by atoms with Gasteiger partial charge in [0.1, 0.15) is 6.54 Å². The minimum atomic E-state index is -0.312. The number of nitrogens with zero attached hydrogens (tertiary/aromatic N) is 3. The molecule has 6 nitrogen and oxygen atoms in total. The van der Waals surface area contributed by atoms with Crippen LogP contribution in [0.2, 0.25) is 0 Å². The molecule has 3 amide bonds. The van der Waals surface area contributed by atoms with Crippen molar-refractivity contribution >= 4 is 29.0 Å². The number of nitriles is 1. The Morgan fingerprint density at radius 2 is 1.85 bits per heavy atom. The van der Waals surface area contributed by atoms with Gasteiger partial charge in [-0.3, -0.25) is 4.79 Å². The largest absolute Gasteiger partial charge is 0.332 e. The van der Waals surface area contributed by atoms with Crippen LogP contribution in [-0.2, 0) is 17.9 Å². The Balaban J connectivity index is 1.48. The average Bonchev–Trinajstić information content (AvgIpc) is 3.58. The number of rotatable bonds is 8. The molecule has 0 saturated heterocycles. The maximum atomic E-state index is 13.4. The average molecular weight is 459 g/mol. The topological polar surface area (TPSA) is 76.4 Å². The molecule has 0 atom stereocenters. The van der Waals surface area contributed by atoms with Crippen LogP contribution in [0.3, 0.4) is 0 Å². The third-order valence-corrected chi connectivity index (χ3v) is 6.49. The van der Waals surface area contributed by atoms with Crippen LogP contribution in [0.5, 0.6) is 0 Å². The van der Waals surface area contributed by atoms with E-state index in [0.717, 1.165) is 23.3 Å². The summed E-state index contributed by atoms with van der Waals surface area (Å²) in [6, 6.07) is 22.6. The van der Waals surface area contributed by atoms with Gasteiger partial charge in [0, 0.05) is 28.0 Å². The zero-order valence-electron chi connectivity index (χ0n) is 18.5. The Labute approximate surface area is 198 Å². The minimum absolute atomic E-state index is 0.0195. The summed E-state index contributed by atoms with van der Waals surface area (Å²) in [5, 5.41) is 12.0. The van der Waals surface area contributed by atoms with Gasteiger partial charge in [-0.25, -0.2) is 4.79 Å². The smallest absolute Gasteiger partial charge is 0.322 e. The number of amides is 3. The molecule has 1 aliphatic carbocycles. The van der Waals surface area contributed by atoms with Gasteiger partial charge in [0.25, 0.3) is 0 Å². The predicted octanol–water partition coefficient (Wildman–Crippen LogP) is 5.15. The quantitative estimate of drug-likeness (QED) is 0.507. The second-order valence-corrected chi connectivity index (χ2v) is 9.60. The Morgan fingerprint density at radius 1 is 1.06 bits per heavy atom. The Hall–Kier alpha value is -3.63. The number of aryl methyl sites for hydroxylation is 1. The maximum absolute atomic E-state index is 13.4. The summed E-state index contributed by atoms with van der Waals surface area (Å²) in [6.07, 6.45) is 1.78. The van der Waals surface area contributed by atoms with E-state index in [0.29, 0.717) is 24.3 Å². The summed E-state index contributed by atoms with van der Waals surface area (Å²) in [4.78, 5) is 32.2. The molecule has 3 aromatic rings. The lowest BCUT2D eigenvalue weighted by Crippen LogP contribution is -2.45. The summed E-state index contributed by atoms with van der Waals surface area (Å²) < 4.78 is 0. The number of anilines is 1. The third kappa shape index (κ3) is 6.21. The lowest BCUT2D eigenvalue weighted by Gasteiger charge is -2.28. The zero-order chi connectivity index (χ0) is 23.2. The Bertz CT molecular complexity index is 1160. The fourth-order valence-electron chi connectivity index (χ4n) is 3.65. The zero-order valence-corrected chi connectivity index (χ0v) is 19.3. The first-order valence-corrected chi connectivity index (χ1v) is 11.8. The van der Waals surface area contributed by atoms with Gasteiger partial charge >= 0.3 is 6.03 Å². The summed E-state index contributed by atoms with van der Waals surface area (Å²) in [6.45, 7) is 3.07. The van der Waals surface area contributed by atoms with Crippen molar-refractivity contribution < 1.29 is 9.59 Å². The maximum Gasteiger partial charge on any atom is 0.322 e. The number of carbonyl (C=O) groups excluding carboxylic acids is 2. The van der Waals surface area contributed by atoms with Crippen LogP contribution in [0.4, 0.5) is 10.5 Å². The molecule has 0 bridgehead atoms. The highest BCUT2D eigenvalue weighted by atomic mass is 32.1.